The highest BCUT2D eigenvalue weighted by Crippen LogP contribution is 2.24. The lowest BCUT2D eigenvalue weighted by Gasteiger charge is -2.34. The molecule has 0 saturated carbocycles. The van der Waals surface area contributed by atoms with Gasteiger partial charge in [0.1, 0.15) is 12.1 Å². The standard InChI is InChI=1S/C17H19N7O3/c1-26-13-5-3-12(4-6-13)24-16-14(20-21-24)15(18-11-19-16)22-7-9-23(10-8-22)17(25)27-2/h3-6,11H,7-10H2,1-2H3. The Balaban J connectivity index is 1.62. The predicted molar refractivity (Wildman–Crippen MR) is 97.2 cm³/mol. The van der Waals surface area contributed by atoms with Crippen LogP contribution in [0.5, 0.6) is 5.75 Å². The number of hydrogen-bond acceptors (Lipinski definition) is 8. The molecule has 1 aliphatic rings. The minimum absolute atomic E-state index is 0.312. The van der Waals surface area contributed by atoms with Crippen molar-refractivity contribution < 1.29 is 14.3 Å². The molecule has 2 aromatic heterocycles. The van der Waals surface area contributed by atoms with Crippen LogP contribution in [0.4, 0.5) is 10.6 Å². The highest BCUT2D eigenvalue weighted by Gasteiger charge is 2.25. The SMILES string of the molecule is COC(=O)N1CCN(c2ncnc3c2nnn3-c2ccc(OC)cc2)CC1. The van der Waals surface area contributed by atoms with E-state index >= 15 is 0 Å². The third kappa shape index (κ3) is 3.09. The number of benzene rings is 1. The number of amides is 1. The summed E-state index contributed by atoms with van der Waals surface area (Å²) in [6.07, 6.45) is 1.20. The number of carbonyl (C=O) groups excluding carboxylic acids is 1. The Morgan fingerprint density at radius 2 is 1.78 bits per heavy atom. The van der Waals surface area contributed by atoms with E-state index in [0.29, 0.717) is 43.2 Å². The molecule has 1 aromatic carbocycles. The van der Waals surface area contributed by atoms with Gasteiger partial charge < -0.3 is 19.3 Å². The molecule has 27 heavy (non-hydrogen) atoms. The fourth-order valence-electron chi connectivity index (χ4n) is 3.10. The van der Waals surface area contributed by atoms with Gasteiger partial charge in [0.05, 0.1) is 19.9 Å². The molecule has 0 radical (unpaired) electrons. The lowest BCUT2D eigenvalue weighted by atomic mass is 10.3. The Hall–Kier alpha value is -3.43. The monoisotopic (exact) mass is 369 g/mol. The van der Waals surface area contributed by atoms with Crippen LogP contribution >= 0.6 is 0 Å². The summed E-state index contributed by atoms with van der Waals surface area (Å²) in [6, 6.07) is 7.50. The average molecular weight is 369 g/mol. The van der Waals surface area contributed by atoms with Crippen molar-refractivity contribution in [3.63, 3.8) is 0 Å². The number of ether oxygens (including phenoxy) is 2. The van der Waals surface area contributed by atoms with Crippen molar-refractivity contribution >= 4 is 23.1 Å². The maximum Gasteiger partial charge on any atom is 0.409 e. The van der Waals surface area contributed by atoms with Gasteiger partial charge in [-0.15, -0.1) is 5.10 Å². The minimum Gasteiger partial charge on any atom is -0.497 e. The topological polar surface area (TPSA) is 98.5 Å². The van der Waals surface area contributed by atoms with Crippen molar-refractivity contribution in [2.24, 2.45) is 0 Å². The molecule has 4 rings (SSSR count). The first-order valence-electron chi connectivity index (χ1n) is 8.50. The van der Waals surface area contributed by atoms with Crippen LogP contribution in [0, 0.1) is 0 Å². The summed E-state index contributed by atoms with van der Waals surface area (Å²) in [4.78, 5) is 24.2. The molecular formula is C17H19N7O3. The van der Waals surface area contributed by atoms with E-state index in [1.54, 1.807) is 16.7 Å². The molecule has 10 heteroatoms. The summed E-state index contributed by atoms with van der Waals surface area (Å²) >= 11 is 0. The van der Waals surface area contributed by atoms with Crippen LogP contribution in [-0.4, -0.2) is 76.4 Å². The number of aromatic nitrogens is 5. The van der Waals surface area contributed by atoms with E-state index in [2.05, 4.69) is 25.2 Å². The number of fused-ring (bicyclic) bond motifs is 1. The third-order valence-corrected chi connectivity index (χ3v) is 4.55. The van der Waals surface area contributed by atoms with Crippen molar-refractivity contribution in [3.05, 3.63) is 30.6 Å². The first-order chi connectivity index (χ1) is 13.2. The molecule has 0 bridgehead atoms. The Morgan fingerprint density at radius 3 is 2.44 bits per heavy atom. The van der Waals surface area contributed by atoms with E-state index in [1.165, 1.54) is 13.4 Å². The molecule has 0 unspecified atom stereocenters. The maximum atomic E-state index is 11.7. The molecule has 0 spiro atoms. The second-order valence-electron chi connectivity index (χ2n) is 6.01. The van der Waals surface area contributed by atoms with Gasteiger partial charge in [-0.1, -0.05) is 5.21 Å². The van der Waals surface area contributed by atoms with E-state index in [1.807, 2.05) is 24.3 Å². The van der Waals surface area contributed by atoms with Gasteiger partial charge in [-0.3, -0.25) is 0 Å². The van der Waals surface area contributed by atoms with Gasteiger partial charge in [0.15, 0.2) is 17.0 Å². The van der Waals surface area contributed by atoms with Gasteiger partial charge in [-0.25, -0.2) is 14.8 Å². The Bertz CT molecular complexity index is 949. The Kier molecular flexibility index (Phi) is 4.45. The number of piperazine rings is 1. The third-order valence-electron chi connectivity index (χ3n) is 4.55. The van der Waals surface area contributed by atoms with Crippen LogP contribution in [0.15, 0.2) is 30.6 Å². The van der Waals surface area contributed by atoms with Crippen LogP contribution < -0.4 is 9.64 Å². The summed E-state index contributed by atoms with van der Waals surface area (Å²) in [5, 5.41) is 8.54. The van der Waals surface area contributed by atoms with E-state index in [4.69, 9.17) is 9.47 Å². The zero-order valence-corrected chi connectivity index (χ0v) is 15.1. The van der Waals surface area contributed by atoms with E-state index in [-0.39, 0.29) is 6.09 Å². The first kappa shape index (κ1) is 17.0. The number of carbonyl (C=O) groups is 1. The molecule has 0 N–H and O–H groups in total. The number of anilines is 1. The summed E-state index contributed by atoms with van der Waals surface area (Å²) in [7, 11) is 3.01. The van der Waals surface area contributed by atoms with Crippen molar-refractivity contribution in [1.82, 2.24) is 29.9 Å². The number of methoxy groups -OCH3 is 2. The normalized spacial score (nSPS) is 14.4. The molecule has 1 fully saturated rings. The second kappa shape index (κ2) is 7.06. The average Bonchev–Trinajstić information content (AvgIpc) is 3.17. The van der Waals surface area contributed by atoms with E-state index in [0.717, 1.165) is 11.4 Å². The zero-order valence-electron chi connectivity index (χ0n) is 15.1. The molecule has 140 valence electrons. The lowest BCUT2D eigenvalue weighted by molar-refractivity contribution is 0.121. The van der Waals surface area contributed by atoms with Gasteiger partial charge in [0.25, 0.3) is 0 Å². The molecule has 0 aliphatic carbocycles. The highest BCUT2D eigenvalue weighted by atomic mass is 16.5. The second-order valence-corrected chi connectivity index (χ2v) is 6.01. The number of rotatable bonds is 3. The number of hydrogen-bond donors (Lipinski definition) is 0. The fourth-order valence-corrected chi connectivity index (χ4v) is 3.10. The zero-order chi connectivity index (χ0) is 18.8. The first-order valence-corrected chi connectivity index (χ1v) is 8.50. The van der Waals surface area contributed by atoms with Crippen molar-refractivity contribution in [1.29, 1.82) is 0 Å². The minimum atomic E-state index is -0.312. The maximum absolute atomic E-state index is 11.7. The molecule has 1 amide bonds. The van der Waals surface area contributed by atoms with Crippen molar-refractivity contribution in [3.8, 4) is 11.4 Å². The lowest BCUT2D eigenvalue weighted by Crippen LogP contribution is -2.49. The fraction of sp³-hybridized carbons (Fsp3) is 0.353. The van der Waals surface area contributed by atoms with Crippen LogP contribution in [0.1, 0.15) is 0 Å². The van der Waals surface area contributed by atoms with E-state index < -0.39 is 0 Å². The van der Waals surface area contributed by atoms with Gasteiger partial charge in [-0.2, -0.15) is 4.68 Å². The summed E-state index contributed by atoms with van der Waals surface area (Å²) < 4.78 is 11.6. The largest absolute Gasteiger partial charge is 0.497 e. The van der Waals surface area contributed by atoms with Gasteiger partial charge in [-0.05, 0) is 24.3 Å². The van der Waals surface area contributed by atoms with Gasteiger partial charge >= 0.3 is 6.09 Å². The summed E-state index contributed by atoms with van der Waals surface area (Å²) in [5.41, 5.74) is 2.08. The van der Waals surface area contributed by atoms with Crippen molar-refractivity contribution in [2.45, 2.75) is 0 Å². The molecule has 3 aromatic rings. The number of nitrogens with zero attached hydrogens (tertiary/aromatic N) is 7. The van der Waals surface area contributed by atoms with E-state index in [9.17, 15) is 4.79 Å². The Labute approximate surface area is 155 Å². The van der Waals surface area contributed by atoms with Crippen LogP contribution in [0.25, 0.3) is 16.9 Å². The molecule has 3 heterocycles. The van der Waals surface area contributed by atoms with Gasteiger partial charge in [0, 0.05) is 26.2 Å². The van der Waals surface area contributed by atoms with Crippen LogP contribution in [-0.2, 0) is 4.74 Å². The van der Waals surface area contributed by atoms with Crippen LogP contribution in [0.3, 0.4) is 0 Å². The van der Waals surface area contributed by atoms with Crippen LogP contribution in [0.2, 0.25) is 0 Å². The molecule has 1 saturated heterocycles. The molecule has 0 atom stereocenters. The smallest absolute Gasteiger partial charge is 0.409 e. The summed E-state index contributed by atoms with van der Waals surface area (Å²) in [5.74, 6) is 1.48. The van der Waals surface area contributed by atoms with Gasteiger partial charge in [0.2, 0.25) is 0 Å². The highest BCUT2D eigenvalue weighted by molar-refractivity contribution is 5.83. The predicted octanol–water partition coefficient (Wildman–Crippen LogP) is 1.11. The molecular weight excluding hydrogens is 350 g/mol. The van der Waals surface area contributed by atoms with Crippen molar-refractivity contribution in [2.75, 3.05) is 45.3 Å². The summed E-state index contributed by atoms with van der Waals surface area (Å²) in [6.45, 7) is 2.39. The molecule has 1 aliphatic heterocycles. The quantitative estimate of drug-likeness (QED) is 0.677. The molecule has 10 nitrogen and oxygen atoms in total. The Morgan fingerprint density at radius 1 is 1.04 bits per heavy atom.